The minimum Gasteiger partial charge on any atom is -0.371 e. The van der Waals surface area contributed by atoms with E-state index < -0.39 is 0 Å². The number of hydrogen-bond donors (Lipinski definition) is 0. The summed E-state index contributed by atoms with van der Waals surface area (Å²) < 4.78 is 25.0. The second kappa shape index (κ2) is 9.03. The molecule has 1 aliphatic heterocycles. The molecule has 0 N–H and O–H groups in total. The van der Waals surface area contributed by atoms with Crippen molar-refractivity contribution in [1.82, 2.24) is 15.0 Å². The molecular formula is C22H23ClFN3O2. The molecule has 0 spiro atoms. The van der Waals surface area contributed by atoms with Crippen LogP contribution in [0.5, 0.6) is 0 Å². The van der Waals surface area contributed by atoms with Crippen molar-refractivity contribution >= 4 is 11.6 Å². The Hall–Kier alpha value is -2.28. The van der Waals surface area contributed by atoms with E-state index in [0.717, 1.165) is 36.6 Å². The van der Waals surface area contributed by atoms with Crippen LogP contribution in [-0.2, 0) is 11.2 Å². The Morgan fingerprint density at radius 3 is 2.83 bits per heavy atom. The highest BCUT2D eigenvalue weighted by Gasteiger charge is 2.22. The van der Waals surface area contributed by atoms with Crippen molar-refractivity contribution < 1.29 is 13.7 Å². The van der Waals surface area contributed by atoms with Crippen LogP contribution in [0.2, 0.25) is 5.02 Å². The van der Waals surface area contributed by atoms with Crippen molar-refractivity contribution in [3.05, 3.63) is 70.3 Å². The van der Waals surface area contributed by atoms with E-state index in [2.05, 4.69) is 15.0 Å². The zero-order valence-electron chi connectivity index (χ0n) is 16.3. The molecule has 2 heterocycles. The van der Waals surface area contributed by atoms with E-state index in [0.29, 0.717) is 35.9 Å². The van der Waals surface area contributed by atoms with Gasteiger partial charge in [0, 0.05) is 30.1 Å². The second-order valence-electron chi connectivity index (χ2n) is 7.29. The van der Waals surface area contributed by atoms with Crippen molar-refractivity contribution in [2.45, 2.75) is 25.9 Å². The van der Waals surface area contributed by atoms with E-state index in [4.69, 9.17) is 20.9 Å². The van der Waals surface area contributed by atoms with Gasteiger partial charge in [-0.2, -0.15) is 4.98 Å². The number of hydrogen-bond acceptors (Lipinski definition) is 5. The summed E-state index contributed by atoms with van der Waals surface area (Å²) >= 11 is 5.97. The largest absolute Gasteiger partial charge is 0.371 e. The monoisotopic (exact) mass is 415 g/mol. The van der Waals surface area contributed by atoms with Crippen LogP contribution in [0.4, 0.5) is 4.39 Å². The Balaban J connectivity index is 1.29. The van der Waals surface area contributed by atoms with Crippen LogP contribution in [0, 0.1) is 12.7 Å². The lowest BCUT2D eigenvalue weighted by Crippen LogP contribution is -2.39. The maximum absolute atomic E-state index is 13.7. The third-order valence-corrected chi connectivity index (χ3v) is 5.41. The van der Waals surface area contributed by atoms with Gasteiger partial charge in [-0.15, -0.1) is 0 Å². The molecular weight excluding hydrogens is 393 g/mol. The van der Waals surface area contributed by atoms with Crippen molar-refractivity contribution in [1.29, 1.82) is 0 Å². The van der Waals surface area contributed by atoms with Crippen molar-refractivity contribution in [2.75, 3.05) is 26.2 Å². The van der Waals surface area contributed by atoms with Gasteiger partial charge in [-0.1, -0.05) is 41.0 Å². The van der Waals surface area contributed by atoms with Gasteiger partial charge >= 0.3 is 0 Å². The third kappa shape index (κ3) is 5.01. The Labute approximate surface area is 174 Å². The van der Waals surface area contributed by atoms with Crippen LogP contribution in [0.25, 0.3) is 11.4 Å². The number of nitrogens with zero attached hydrogens (tertiary/aromatic N) is 3. The number of morpholine rings is 1. The molecule has 0 aliphatic carbocycles. The van der Waals surface area contributed by atoms with Gasteiger partial charge in [0.25, 0.3) is 0 Å². The quantitative estimate of drug-likeness (QED) is 0.576. The van der Waals surface area contributed by atoms with Crippen molar-refractivity contribution in [3.63, 3.8) is 0 Å². The highest BCUT2D eigenvalue weighted by atomic mass is 35.5. The molecule has 1 fully saturated rings. The molecule has 0 bridgehead atoms. The van der Waals surface area contributed by atoms with Gasteiger partial charge in [0.05, 0.1) is 12.7 Å². The normalized spacial score (nSPS) is 17.6. The summed E-state index contributed by atoms with van der Waals surface area (Å²) in [6.45, 7) is 5.10. The van der Waals surface area contributed by atoms with E-state index >= 15 is 0 Å². The van der Waals surface area contributed by atoms with Gasteiger partial charge in [0.15, 0.2) is 0 Å². The first-order valence-electron chi connectivity index (χ1n) is 9.77. The SMILES string of the molecule is Cc1ccc(-c2noc(CCCN3CCOC(c4ccc(Cl)cc4)C3)n2)cc1F. The van der Waals surface area contributed by atoms with Gasteiger partial charge < -0.3 is 9.26 Å². The number of halogens is 2. The van der Waals surface area contributed by atoms with E-state index in [1.54, 1.807) is 19.1 Å². The molecule has 1 saturated heterocycles. The Morgan fingerprint density at radius 1 is 1.21 bits per heavy atom. The Morgan fingerprint density at radius 2 is 2.03 bits per heavy atom. The molecule has 29 heavy (non-hydrogen) atoms. The fourth-order valence-corrected chi connectivity index (χ4v) is 3.57. The lowest BCUT2D eigenvalue weighted by atomic mass is 10.1. The fourth-order valence-electron chi connectivity index (χ4n) is 3.44. The predicted molar refractivity (Wildman–Crippen MR) is 109 cm³/mol. The first-order chi connectivity index (χ1) is 14.1. The van der Waals surface area contributed by atoms with Crippen molar-refractivity contribution in [2.24, 2.45) is 0 Å². The van der Waals surface area contributed by atoms with Crippen LogP contribution in [-0.4, -0.2) is 41.3 Å². The van der Waals surface area contributed by atoms with Crippen LogP contribution < -0.4 is 0 Å². The molecule has 1 atom stereocenters. The first-order valence-corrected chi connectivity index (χ1v) is 10.1. The maximum atomic E-state index is 13.7. The summed E-state index contributed by atoms with van der Waals surface area (Å²) in [7, 11) is 0. The summed E-state index contributed by atoms with van der Waals surface area (Å²) in [6, 6.07) is 12.8. The number of aryl methyl sites for hydroxylation is 2. The topological polar surface area (TPSA) is 51.4 Å². The second-order valence-corrected chi connectivity index (χ2v) is 7.73. The molecule has 1 unspecified atom stereocenters. The maximum Gasteiger partial charge on any atom is 0.227 e. The lowest BCUT2D eigenvalue weighted by molar-refractivity contribution is -0.0302. The Bertz CT molecular complexity index is 961. The highest BCUT2D eigenvalue weighted by Crippen LogP contribution is 2.24. The highest BCUT2D eigenvalue weighted by molar-refractivity contribution is 6.30. The molecule has 1 aliphatic rings. The summed E-state index contributed by atoms with van der Waals surface area (Å²) in [5.41, 5.74) is 2.37. The van der Waals surface area contributed by atoms with Crippen LogP contribution in [0.3, 0.4) is 0 Å². The average molecular weight is 416 g/mol. The molecule has 0 amide bonds. The zero-order valence-corrected chi connectivity index (χ0v) is 17.0. The molecule has 5 nitrogen and oxygen atoms in total. The fraction of sp³-hybridized carbons (Fsp3) is 0.364. The number of aromatic nitrogens is 2. The van der Waals surface area contributed by atoms with Gasteiger partial charge in [-0.3, -0.25) is 4.90 Å². The van der Waals surface area contributed by atoms with Crippen LogP contribution in [0.1, 0.15) is 29.5 Å². The molecule has 0 radical (unpaired) electrons. The van der Waals surface area contributed by atoms with E-state index in [1.165, 1.54) is 6.07 Å². The minimum absolute atomic E-state index is 0.0625. The Kier molecular flexibility index (Phi) is 6.23. The lowest BCUT2D eigenvalue weighted by Gasteiger charge is -2.33. The molecule has 152 valence electrons. The molecule has 7 heteroatoms. The number of benzene rings is 2. The summed E-state index contributed by atoms with van der Waals surface area (Å²) in [5.74, 6) is 0.730. The van der Waals surface area contributed by atoms with Gasteiger partial charge in [-0.05, 0) is 49.2 Å². The van der Waals surface area contributed by atoms with Gasteiger partial charge in [0.2, 0.25) is 11.7 Å². The summed E-state index contributed by atoms with van der Waals surface area (Å²) in [4.78, 5) is 6.79. The summed E-state index contributed by atoms with van der Waals surface area (Å²) in [6.07, 6.45) is 1.65. The summed E-state index contributed by atoms with van der Waals surface area (Å²) in [5, 5.41) is 4.71. The van der Waals surface area contributed by atoms with E-state index in [1.807, 2.05) is 24.3 Å². The van der Waals surface area contributed by atoms with E-state index in [-0.39, 0.29) is 11.9 Å². The minimum atomic E-state index is -0.267. The van der Waals surface area contributed by atoms with Crippen molar-refractivity contribution in [3.8, 4) is 11.4 Å². The first kappa shape index (κ1) is 20.0. The number of rotatable bonds is 6. The van der Waals surface area contributed by atoms with Crippen LogP contribution in [0.15, 0.2) is 47.0 Å². The third-order valence-electron chi connectivity index (χ3n) is 5.16. The zero-order chi connectivity index (χ0) is 20.2. The molecule has 0 saturated carbocycles. The molecule has 1 aromatic heterocycles. The molecule has 4 rings (SSSR count). The van der Waals surface area contributed by atoms with Gasteiger partial charge in [-0.25, -0.2) is 4.39 Å². The van der Waals surface area contributed by atoms with Crippen LogP contribution >= 0.6 is 11.6 Å². The molecule has 2 aromatic carbocycles. The smallest absolute Gasteiger partial charge is 0.227 e. The van der Waals surface area contributed by atoms with Gasteiger partial charge in [0.1, 0.15) is 5.82 Å². The standard InChI is InChI=1S/C22H23ClFN3O2/c1-15-4-5-17(13-19(15)24)22-25-21(29-26-22)3-2-10-27-11-12-28-20(14-27)16-6-8-18(23)9-7-16/h4-9,13,20H,2-3,10-12,14H2,1H3. The van der Waals surface area contributed by atoms with E-state index in [9.17, 15) is 4.39 Å². The molecule has 3 aromatic rings. The average Bonchev–Trinajstić information content (AvgIpc) is 3.20. The predicted octanol–water partition coefficient (Wildman–Crippen LogP) is 4.84. The number of ether oxygens (including phenoxy) is 1.